The number of carbonyl (C=O) groups excluding carboxylic acids is 1. The van der Waals surface area contributed by atoms with Gasteiger partial charge in [-0.25, -0.2) is 0 Å². The number of amides is 1. The molecule has 0 saturated heterocycles. The largest absolute Gasteiger partial charge is 0.367 e. The number of hydrogen-bond donors (Lipinski definition) is 1. The maximum absolute atomic E-state index is 11.7. The summed E-state index contributed by atoms with van der Waals surface area (Å²) < 4.78 is 5.41. The van der Waals surface area contributed by atoms with Gasteiger partial charge >= 0.3 is 0 Å². The average molecular weight is 296 g/mol. The van der Waals surface area contributed by atoms with Gasteiger partial charge in [-0.15, -0.1) is 0 Å². The molecule has 1 N–H and O–H groups in total. The van der Waals surface area contributed by atoms with Gasteiger partial charge in [0.05, 0.1) is 6.61 Å². The molecule has 0 aliphatic heterocycles. The molecule has 0 spiro atoms. The first kappa shape index (κ1) is 15.3. The normalized spacial score (nSPS) is 16.1. The molecule has 1 amide bonds. The predicted octanol–water partition coefficient (Wildman–Crippen LogP) is 3.55. The average Bonchev–Trinajstić information content (AvgIpc) is 2.48. The molecule has 0 unspecified atom stereocenters. The van der Waals surface area contributed by atoms with Gasteiger partial charge in [-0.1, -0.05) is 49.1 Å². The molecule has 20 heavy (non-hydrogen) atoms. The van der Waals surface area contributed by atoms with E-state index in [9.17, 15) is 4.79 Å². The molecule has 110 valence electrons. The summed E-state index contributed by atoms with van der Waals surface area (Å²) in [6.07, 6.45) is 6.40. The van der Waals surface area contributed by atoms with Crippen molar-refractivity contribution in [1.82, 2.24) is 5.32 Å². The Labute approximate surface area is 125 Å². The van der Waals surface area contributed by atoms with Crippen LogP contribution in [0.5, 0.6) is 0 Å². The minimum Gasteiger partial charge on any atom is -0.367 e. The highest BCUT2D eigenvalue weighted by Gasteiger charge is 2.14. The van der Waals surface area contributed by atoms with Crippen LogP contribution in [0.25, 0.3) is 0 Å². The lowest BCUT2D eigenvalue weighted by atomic mass is 9.89. The lowest BCUT2D eigenvalue weighted by Crippen LogP contribution is -2.32. The van der Waals surface area contributed by atoms with Gasteiger partial charge in [-0.2, -0.15) is 0 Å². The highest BCUT2D eigenvalue weighted by Crippen LogP contribution is 2.22. The fourth-order valence-corrected chi connectivity index (χ4v) is 2.76. The monoisotopic (exact) mass is 295 g/mol. The van der Waals surface area contributed by atoms with Gasteiger partial charge in [0, 0.05) is 11.6 Å². The Kier molecular flexibility index (Phi) is 6.34. The van der Waals surface area contributed by atoms with Crippen molar-refractivity contribution < 1.29 is 9.53 Å². The van der Waals surface area contributed by atoms with Gasteiger partial charge in [0.1, 0.15) is 6.61 Å². The summed E-state index contributed by atoms with van der Waals surface area (Å²) in [7, 11) is 0. The van der Waals surface area contributed by atoms with Crippen molar-refractivity contribution in [3.8, 4) is 0 Å². The number of nitrogens with one attached hydrogen (secondary N) is 1. The van der Waals surface area contributed by atoms with E-state index in [4.69, 9.17) is 16.3 Å². The van der Waals surface area contributed by atoms with Crippen LogP contribution in [0.4, 0.5) is 0 Å². The van der Waals surface area contributed by atoms with Crippen molar-refractivity contribution in [2.75, 3.05) is 13.2 Å². The maximum atomic E-state index is 11.7. The van der Waals surface area contributed by atoms with Crippen molar-refractivity contribution in [2.24, 2.45) is 5.92 Å². The summed E-state index contributed by atoms with van der Waals surface area (Å²) in [5.74, 6) is 0.610. The van der Waals surface area contributed by atoms with Gasteiger partial charge in [0.25, 0.3) is 0 Å². The minimum atomic E-state index is -0.0392. The first-order valence-electron chi connectivity index (χ1n) is 7.33. The van der Waals surface area contributed by atoms with Crippen LogP contribution in [0.15, 0.2) is 24.3 Å². The van der Waals surface area contributed by atoms with E-state index in [0.717, 1.165) is 12.1 Å². The van der Waals surface area contributed by atoms with Crippen LogP contribution in [0.1, 0.15) is 37.7 Å². The van der Waals surface area contributed by atoms with Crippen LogP contribution in [0.2, 0.25) is 5.02 Å². The minimum absolute atomic E-state index is 0.0392. The smallest absolute Gasteiger partial charge is 0.246 e. The molecule has 0 aromatic heterocycles. The zero-order chi connectivity index (χ0) is 14.2. The second-order valence-corrected chi connectivity index (χ2v) is 5.80. The molecular weight excluding hydrogens is 274 g/mol. The van der Waals surface area contributed by atoms with Crippen LogP contribution in [-0.4, -0.2) is 19.1 Å². The van der Waals surface area contributed by atoms with Gasteiger partial charge in [-0.05, 0) is 30.4 Å². The van der Waals surface area contributed by atoms with E-state index in [2.05, 4.69) is 5.32 Å². The second kappa shape index (κ2) is 8.28. The van der Waals surface area contributed by atoms with Crippen molar-refractivity contribution in [1.29, 1.82) is 0 Å². The molecule has 1 aliphatic rings. The summed E-state index contributed by atoms with van der Waals surface area (Å²) >= 11 is 6.02. The van der Waals surface area contributed by atoms with E-state index >= 15 is 0 Å². The van der Waals surface area contributed by atoms with Gasteiger partial charge in [0.2, 0.25) is 5.91 Å². The summed E-state index contributed by atoms with van der Waals surface area (Å²) in [5, 5.41) is 3.63. The Balaban J connectivity index is 1.61. The molecule has 1 aromatic rings. The molecule has 2 rings (SSSR count). The molecule has 3 nitrogen and oxygen atoms in total. The molecule has 4 heteroatoms. The first-order valence-corrected chi connectivity index (χ1v) is 7.71. The Hall–Kier alpha value is -1.06. The van der Waals surface area contributed by atoms with Crippen LogP contribution >= 0.6 is 11.6 Å². The molecular formula is C16H22ClNO2. The number of halogens is 1. The van der Waals surface area contributed by atoms with Crippen molar-refractivity contribution in [3.05, 3.63) is 34.9 Å². The highest BCUT2D eigenvalue weighted by atomic mass is 35.5. The summed E-state index contributed by atoms with van der Waals surface area (Å²) in [6, 6.07) is 7.52. The number of rotatable bonds is 6. The van der Waals surface area contributed by atoms with Crippen LogP contribution < -0.4 is 5.32 Å². The van der Waals surface area contributed by atoms with Gasteiger partial charge < -0.3 is 10.1 Å². The van der Waals surface area contributed by atoms with E-state index in [1.807, 2.05) is 24.3 Å². The van der Waals surface area contributed by atoms with E-state index < -0.39 is 0 Å². The first-order chi connectivity index (χ1) is 9.75. The molecule has 1 aliphatic carbocycles. The summed E-state index contributed by atoms with van der Waals surface area (Å²) in [5.41, 5.74) is 0.911. The van der Waals surface area contributed by atoms with Crippen molar-refractivity contribution in [3.63, 3.8) is 0 Å². The Morgan fingerprint density at radius 3 is 2.75 bits per heavy atom. The van der Waals surface area contributed by atoms with Crippen LogP contribution in [-0.2, 0) is 16.1 Å². The van der Waals surface area contributed by atoms with Crippen molar-refractivity contribution >= 4 is 17.5 Å². The third-order valence-corrected chi connectivity index (χ3v) is 4.13. The number of benzene rings is 1. The molecule has 0 bridgehead atoms. The third-order valence-electron chi connectivity index (χ3n) is 3.76. The zero-order valence-electron chi connectivity index (χ0n) is 11.7. The Morgan fingerprint density at radius 2 is 2.00 bits per heavy atom. The number of carbonyl (C=O) groups is 1. The fourth-order valence-electron chi connectivity index (χ4n) is 2.57. The van der Waals surface area contributed by atoms with E-state index in [0.29, 0.717) is 17.5 Å². The maximum Gasteiger partial charge on any atom is 0.246 e. The van der Waals surface area contributed by atoms with Crippen LogP contribution in [0, 0.1) is 5.92 Å². The quantitative estimate of drug-likeness (QED) is 0.871. The molecule has 1 saturated carbocycles. The zero-order valence-corrected chi connectivity index (χ0v) is 12.5. The third kappa shape index (κ3) is 5.14. The Bertz CT molecular complexity index is 430. The topological polar surface area (TPSA) is 38.3 Å². The van der Waals surface area contributed by atoms with Gasteiger partial charge in [0.15, 0.2) is 0 Å². The SMILES string of the molecule is O=C(COCc1ccccc1Cl)NCC1CCCCC1. The molecule has 0 radical (unpaired) electrons. The Morgan fingerprint density at radius 1 is 1.25 bits per heavy atom. The molecule has 0 heterocycles. The number of hydrogen-bond acceptors (Lipinski definition) is 2. The standard InChI is InChI=1S/C16H22ClNO2/c17-15-9-5-4-8-14(15)11-20-12-16(19)18-10-13-6-2-1-3-7-13/h4-5,8-9,13H,1-3,6-7,10-12H2,(H,18,19). The van der Waals surface area contributed by atoms with E-state index in [1.54, 1.807) is 0 Å². The molecule has 0 atom stereocenters. The lowest BCUT2D eigenvalue weighted by molar-refractivity contribution is -0.126. The highest BCUT2D eigenvalue weighted by molar-refractivity contribution is 6.31. The van der Waals surface area contributed by atoms with Crippen LogP contribution in [0.3, 0.4) is 0 Å². The lowest BCUT2D eigenvalue weighted by Gasteiger charge is -2.21. The van der Waals surface area contributed by atoms with E-state index in [1.165, 1.54) is 32.1 Å². The predicted molar refractivity (Wildman–Crippen MR) is 80.7 cm³/mol. The summed E-state index contributed by atoms with van der Waals surface area (Å²) in [6.45, 7) is 1.25. The van der Waals surface area contributed by atoms with Crippen molar-refractivity contribution in [2.45, 2.75) is 38.7 Å². The van der Waals surface area contributed by atoms with Gasteiger partial charge in [-0.3, -0.25) is 4.79 Å². The summed E-state index contributed by atoms with van der Waals surface area (Å²) in [4.78, 5) is 11.7. The second-order valence-electron chi connectivity index (χ2n) is 5.39. The number of ether oxygens (including phenoxy) is 1. The van der Waals surface area contributed by atoms with E-state index in [-0.39, 0.29) is 12.5 Å². The molecule has 1 aromatic carbocycles. The molecule has 1 fully saturated rings. The fraction of sp³-hybridized carbons (Fsp3) is 0.562.